The van der Waals surface area contributed by atoms with Crippen molar-refractivity contribution in [3.05, 3.63) is 107 Å². The van der Waals surface area contributed by atoms with Crippen molar-refractivity contribution in [2.24, 2.45) is 0 Å². The summed E-state index contributed by atoms with van der Waals surface area (Å²) in [6.07, 6.45) is 4.07. The number of fused-ring (bicyclic) bond motifs is 1. The van der Waals surface area contributed by atoms with Gasteiger partial charge in [0.05, 0.1) is 29.0 Å². The van der Waals surface area contributed by atoms with E-state index in [4.69, 9.17) is 4.98 Å². The summed E-state index contributed by atoms with van der Waals surface area (Å²) in [5.41, 5.74) is 4.32. The number of hydrogen-bond acceptors (Lipinski definition) is 4. The first-order valence-corrected chi connectivity index (χ1v) is 12.5. The third-order valence-electron chi connectivity index (χ3n) is 6.06. The van der Waals surface area contributed by atoms with Gasteiger partial charge in [0, 0.05) is 24.2 Å². The van der Waals surface area contributed by atoms with E-state index in [0.29, 0.717) is 36.3 Å². The lowest BCUT2D eigenvalue weighted by atomic mass is 10.0. The Hall–Kier alpha value is -4.06. The molecule has 0 aliphatic heterocycles. The van der Waals surface area contributed by atoms with Crippen LogP contribution < -0.4 is 5.32 Å². The van der Waals surface area contributed by atoms with Gasteiger partial charge in [-0.15, -0.1) is 0 Å². The van der Waals surface area contributed by atoms with Gasteiger partial charge in [-0.1, -0.05) is 62.4 Å². The first-order chi connectivity index (χ1) is 17.6. The zero-order valence-corrected chi connectivity index (χ0v) is 20.9. The maximum atomic E-state index is 13.4. The second-order valence-electron chi connectivity index (χ2n) is 8.87. The molecule has 3 aromatic carbocycles. The van der Waals surface area contributed by atoms with Crippen molar-refractivity contribution in [1.82, 2.24) is 20.2 Å². The van der Waals surface area contributed by atoms with Crippen molar-refractivity contribution in [3.63, 3.8) is 0 Å². The highest BCUT2D eigenvalue weighted by Gasteiger charge is 2.21. The van der Waals surface area contributed by atoms with E-state index >= 15 is 0 Å². The van der Waals surface area contributed by atoms with Gasteiger partial charge in [0.2, 0.25) is 0 Å². The van der Waals surface area contributed by atoms with Crippen LogP contribution in [0.3, 0.4) is 0 Å². The van der Waals surface area contributed by atoms with E-state index in [0.717, 1.165) is 29.4 Å². The summed E-state index contributed by atoms with van der Waals surface area (Å²) >= 11 is 0. The second-order valence-corrected chi connectivity index (χ2v) is 8.87. The van der Waals surface area contributed by atoms with Crippen molar-refractivity contribution < 1.29 is 9.59 Å². The van der Waals surface area contributed by atoms with Crippen molar-refractivity contribution in [2.75, 3.05) is 13.1 Å². The number of rotatable bonds is 10. The van der Waals surface area contributed by atoms with Gasteiger partial charge in [0.25, 0.3) is 11.8 Å². The predicted molar refractivity (Wildman–Crippen MR) is 143 cm³/mol. The molecule has 0 fully saturated rings. The molecule has 1 heterocycles. The van der Waals surface area contributed by atoms with E-state index in [2.05, 4.69) is 24.1 Å². The van der Waals surface area contributed by atoms with Gasteiger partial charge in [-0.3, -0.25) is 14.6 Å². The standard InChI is InChI=1S/C30H32N4O2/c1-3-17-34(18-4-2)30(36)24-14-10-13-23(20-24)29(35)33-27(19-22-11-6-5-7-12-22)28-21-31-25-15-8-9-16-26(25)32-28/h5-16,20-21,27H,3-4,17-19H2,1-2H3,(H,33,35)/t27-/m0/s1. The fourth-order valence-corrected chi connectivity index (χ4v) is 4.29. The van der Waals surface area contributed by atoms with E-state index in [9.17, 15) is 9.59 Å². The van der Waals surface area contributed by atoms with Gasteiger partial charge >= 0.3 is 0 Å². The molecule has 4 aromatic rings. The average Bonchev–Trinajstić information content (AvgIpc) is 2.92. The second kappa shape index (κ2) is 12.1. The number of carbonyl (C=O) groups is 2. The highest BCUT2D eigenvalue weighted by atomic mass is 16.2. The van der Waals surface area contributed by atoms with Crippen LogP contribution in [0.1, 0.15) is 64.7 Å². The molecule has 0 saturated carbocycles. The van der Waals surface area contributed by atoms with Gasteiger partial charge in [0.15, 0.2) is 0 Å². The normalized spacial score (nSPS) is 11.7. The van der Waals surface area contributed by atoms with E-state index in [1.165, 1.54) is 0 Å². The minimum Gasteiger partial charge on any atom is -0.343 e. The van der Waals surface area contributed by atoms with E-state index < -0.39 is 0 Å². The molecule has 0 bridgehead atoms. The highest BCUT2D eigenvalue weighted by Crippen LogP contribution is 2.20. The van der Waals surface area contributed by atoms with Crippen molar-refractivity contribution in [2.45, 2.75) is 39.2 Å². The van der Waals surface area contributed by atoms with Crippen LogP contribution in [-0.4, -0.2) is 39.8 Å². The first kappa shape index (κ1) is 25.0. The van der Waals surface area contributed by atoms with Crippen LogP contribution in [0.5, 0.6) is 0 Å². The third-order valence-corrected chi connectivity index (χ3v) is 6.06. The monoisotopic (exact) mass is 480 g/mol. The molecule has 0 unspecified atom stereocenters. The van der Waals surface area contributed by atoms with Crippen molar-refractivity contribution in [1.29, 1.82) is 0 Å². The van der Waals surface area contributed by atoms with E-state index in [1.54, 1.807) is 30.5 Å². The molecule has 0 aliphatic rings. The number of amides is 2. The molecule has 1 N–H and O–H groups in total. The molecule has 0 radical (unpaired) electrons. The summed E-state index contributed by atoms with van der Waals surface area (Å²) in [5.74, 6) is -0.298. The summed E-state index contributed by atoms with van der Waals surface area (Å²) in [6, 6.07) is 24.2. The molecule has 0 spiro atoms. The number of benzene rings is 3. The molecule has 4 rings (SSSR count). The fraction of sp³-hybridized carbons (Fsp3) is 0.267. The number of nitrogens with zero attached hydrogens (tertiary/aromatic N) is 3. The molecule has 0 aliphatic carbocycles. The summed E-state index contributed by atoms with van der Waals surface area (Å²) in [5, 5.41) is 3.14. The Kier molecular flexibility index (Phi) is 8.40. The Morgan fingerprint density at radius 2 is 1.50 bits per heavy atom. The number of hydrogen-bond donors (Lipinski definition) is 1. The molecule has 1 atom stereocenters. The average molecular weight is 481 g/mol. The van der Waals surface area contributed by atoms with Crippen LogP contribution in [0.25, 0.3) is 11.0 Å². The van der Waals surface area contributed by atoms with Crippen LogP contribution in [0.4, 0.5) is 0 Å². The van der Waals surface area contributed by atoms with Crippen molar-refractivity contribution in [3.8, 4) is 0 Å². The number of para-hydroxylation sites is 2. The van der Waals surface area contributed by atoms with Gasteiger partial charge in [-0.05, 0) is 55.2 Å². The van der Waals surface area contributed by atoms with Crippen LogP contribution in [0, 0.1) is 0 Å². The lowest BCUT2D eigenvalue weighted by Crippen LogP contribution is -2.33. The fourth-order valence-electron chi connectivity index (χ4n) is 4.29. The Balaban J connectivity index is 1.60. The smallest absolute Gasteiger partial charge is 0.253 e. The third kappa shape index (κ3) is 6.13. The number of nitrogens with one attached hydrogen (secondary N) is 1. The lowest BCUT2D eigenvalue weighted by molar-refractivity contribution is 0.0755. The van der Waals surface area contributed by atoms with E-state index in [-0.39, 0.29) is 17.9 Å². The van der Waals surface area contributed by atoms with Crippen LogP contribution in [0.2, 0.25) is 0 Å². The Morgan fingerprint density at radius 1 is 0.833 bits per heavy atom. The molecule has 6 nitrogen and oxygen atoms in total. The predicted octanol–water partition coefficient (Wildman–Crippen LogP) is 5.61. The Bertz CT molecular complexity index is 1320. The lowest BCUT2D eigenvalue weighted by Gasteiger charge is -2.22. The minimum absolute atomic E-state index is 0.0467. The van der Waals surface area contributed by atoms with Gasteiger partial charge in [-0.2, -0.15) is 0 Å². The van der Waals surface area contributed by atoms with Crippen LogP contribution >= 0.6 is 0 Å². The molecule has 36 heavy (non-hydrogen) atoms. The molecule has 0 saturated heterocycles. The molecule has 6 heteroatoms. The zero-order chi connectivity index (χ0) is 25.3. The van der Waals surface area contributed by atoms with Gasteiger partial charge in [0.1, 0.15) is 0 Å². The number of aromatic nitrogens is 2. The van der Waals surface area contributed by atoms with Gasteiger partial charge in [-0.25, -0.2) is 4.98 Å². The molecular weight excluding hydrogens is 448 g/mol. The summed E-state index contributed by atoms with van der Waals surface area (Å²) < 4.78 is 0. The summed E-state index contributed by atoms with van der Waals surface area (Å²) in [4.78, 5) is 37.7. The molecule has 2 amide bonds. The largest absolute Gasteiger partial charge is 0.343 e. The number of carbonyl (C=O) groups excluding carboxylic acids is 2. The van der Waals surface area contributed by atoms with Crippen molar-refractivity contribution >= 4 is 22.8 Å². The molecule has 184 valence electrons. The maximum Gasteiger partial charge on any atom is 0.253 e. The first-order valence-electron chi connectivity index (χ1n) is 12.5. The summed E-state index contributed by atoms with van der Waals surface area (Å²) in [7, 11) is 0. The maximum absolute atomic E-state index is 13.4. The molecule has 1 aromatic heterocycles. The van der Waals surface area contributed by atoms with E-state index in [1.807, 2.05) is 59.5 Å². The van der Waals surface area contributed by atoms with Gasteiger partial charge < -0.3 is 10.2 Å². The Morgan fingerprint density at radius 3 is 2.22 bits per heavy atom. The molecular formula is C30H32N4O2. The van der Waals surface area contributed by atoms with Crippen LogP contribution in [0.15, 0.2) is 85.1 Å². The minimum atomic E-state index is -0.381. The summed E-state index contributed by atoms with van der Waals surface area (Å²) in [6.45, 7) is 5.51. The Labute approximate surface area is 212 Å². The van der Waals surface area contributed by atoms with Crippen LogP contribution in [-0.2, 0) is 6.42 Å². The quantitative estimate of drug-likeness (QED) is 0.320. The zero-order valence-electron chi connectivity index (χ0n) is 20.9. The highest BCUT2D eigenvalue weighted by molar-refractivity contribution is 5.99. The SMILES string of the molecule is CCCN(CCC)C(=O)c1cccc(C(=O)N[C@@H](Cc2ccccc2)c2cnc3ccccc3n2)c1. The topological polar surface area (TPSA) is 75.2 Å².